The van der Waals surface area contributed by atoms with E-state index in [9.17, 15) is 15.0 Å². The van der Waals surface area contributed by atoms with Gasteiger partial charge in [-0.2, -0.15) is 0 Å². The SMILES string of the molecule is CC/C=C\C/C=C\C/C=C\C/C=C\C/C=C\CCCCCCCC(=O)NC(CO)C(O)/C=C/CC/C=C/CC/C=C/CCCCCCCCCCCCC. The third-order valence-corrected chi connectivity index (χ3v) is 9.53. The number of nitrogens with one attached hydrogen (secondary N) is 1. The highest BCUT2D eigenvalue weighted by molar-refractivity contribution is 5.76. The number of amides is 1. The molecule has 0 saturated carbocycles. The van der Waals surface area contributed by atoms with E-state index in [2.05, 4.69) is 104 Å². The van der Waals surface area contributed by atoms with Gasteiger partial charge in [-0.1, -0.05) is 195 Å². The molecule has 4 nitrogen and oxygen atoms in total. The van der Waals surface area contributed by atoms with Crippen LogP contribution in [0.4, 0.5) is 0 Å². The van der Waals surface area contributed by atoms with E-state index in [1.54, 1.807) is 6.08 Å². The molecule has 0 aromatic carbocycles. The first-order valence-electron chi connectivity index (χ1n) is 22.5. The summed E-state index contributed by atoms with van der Waals surface area (Å²) in [5.41, 5.74) is 0. The number of carbonyl (C=O) groups excluding carboxylic acids is 1. The van der Waals surface area contributed by atoms with E-state index >= 15 is 0 Å². The standard InChI is InChI=1S/C50H85NO3/c1-3-5-7-9-11-13-15-17-19-21-23-25-27-29-31-33-35-37-39-41-43-45-49(53)48(47-52)51-50(54)46-44-42-40-38-36-34-32-30-28-26-24-22-20-18-16-14-12-10-8-6-4-2/h6,8,12,14,18,20,24,26-27,29-30,32,35,37,43,45,48-49,52-53H,3-5,7,9-11,13,15-17,19,21-23,25,28,31,33-34,36,38-42,44,46-47H2,1-2H3,(H,51,54)/b8-6-,14-12-,20-18-,26-24-,29-27+,32-30-,37-35+,45-43+. The Morgan fingerprint density at radius 2 is 0.833 bits per heavy atom. The predicted octanol–water partition coefficient (Wildman–Crippen LogP) is 14.2. The molecule has 0 aliphatic carbocycles. The van der Waals surface area contributed by atoms with E-state index in [1.807, 2.05) is 6.08 Å². The summed E-state index contributed by atoms with van der Waals surface area (Å²) in [5.74, 6) is -0.101. The molecule has 0 spiro atoms. The normalized spacial score (nSPS) is 13.9. The van der Waals surface area contributed by atoms with Gasteiger partial charge in [0.05, 0.1) is 18.8 Å². The van der Waals surface area contributed by atoms with Crippen molar-refractivity contribution in [2.45, 2.75) is 206 Å². The second kappa shape index (κ2) is 44.7. The van der Waals surface area contributed by atoms with Crippen LogP contribution in [0.25, 0.3) is 0 Å². The summed E-state index contributed by atoms with van der Waals surface area (Å²) in [5, 5.41) is 23.0. The van der Waals surface area contributed by atoms with Gasteiger partial charge < -0.3 is 15.5 Å². The highest BCUT2D eigenvalue weighted by atomic mass is 16.3. The van der Waals surface area contributed by atoms with Crippen LogP contribution in [0.5, 0.6) is 0 Å². The minimum absolute atomic E-state index is 0.101. The fourth-order valence-electron chi connectivity index (χ4n) is 6.12. The first-order valence-corrected chi connectivity index (χ1v) is 22.5. The molecule has 0 aliphatic rings. The molecule has 0 aliphatic heterocycles. The van der Waals surface area contributed by atoms with Gasteiger partial charge in [-0.15, -0.1) is 0 Å². The van der Waals surface area contributed by atoms with E-state index in [0.29, 0.717) is 6.42 Å². The number of aliphatic hydroxyl groups is 2. The Morgan fingerprint density at radius 1 is 0.463 bits per heavy atom. The predicted molar refractivity (Wildman–Crippen MR) is 239 cm³/mol. The lowest BCUT2D eigenvalue weighted by Gasteiger charge is -2.19. The first kappa shape index (κ1) is 51.3. The average Bonchev–Trinajstić information content (AvgIpc) is 3.18. The van der Waals surface area contributed by atoms with Gasteiger partial charge in [-0.05, 0) is 89.9 Å². The van der Waals surface area contributed by atoms with Crippen LogP contribution in [0.1, 0.15) is 194 Å². The topological polar surface area (TPSA) is 69.6 Å². The monoisotopic (exact) mass is 748 g/mol. The molecular formula is C50H85NO3. The summed E-state index contributed by atoms with van der Waals surface area (Å²) in [7, 11) is 0. The molecule has 2 atom stereocenters. The molecule has 0 rings (SSSR count). The molecule has 0 fully saturated rings. The number of carbonyl (C=O) groups is 1. The highest BCUT2D eigenvalue weighted by Gasteiger charge is 2.17. The Balaban J connectivity index is 3.73. The Bertz CT molecular complexity index is 1030. The Morgan fingerprint density at radius 3 is 1.30 bits per heavy atom. The average molecular weight is 748 g/mol. The summed E-state index contributed by atoms with van der Waals surface area (Å²) in [6, 6.07) is -0.662. The quantitative estimate of drug-likeness (QED) is 0.0433. The highest BCUT2D eigenvalue weighted by Crippen LogP contribution is 2.13. The van der Waals surface area contributed by atoms with E-state index in [-0.39, 0.29) is 12.5 Å². The molecule has 0 aromatic rings. The third kappa shape index (κ3) is 40.5. The van der Waals surface area contributed by atoms with Crippen molar-refractivity contribution in [1.82, 2.24) is 5.32 Å². The Kier molecular flexibility index (Phi) is 42.5. The van der Waals surface area contributed by atoms with Gasteiger partial charge in [0.15, 0.2) is 0 Å². The summed E-state index contributed by atoms with van der Waals surface area (Å²) >= 11 is 0. The lowest BCUT2D eigenvalue weighted by atomic mass is 10.1. The van der Waals surface area contributed by atoms with Crippen molar-refractivity contribution in [3.8, 4) is 0 Å². The van der Waals surface area contributed by atoms with Gasteiger partial charge in [0.1, 0.15) is 0 Å². The number of hydrogen-bond acceptors (Lipinski definition) is 3. The van der Waals surface area contributed by atoms with Gasteiger partial charge in [-0.25, -0.2) is 0 Å². The molecule has 0 aromatic heterocycles. The van der Waals surface area contributed by atoms with Crippen LogP contribution < -0.4 is 5.32 Å². The van der Waals surface area contributed by atoms with Crippen LogP contribution >= 0.6 is 0 Å². The van der Waals surface area contributed by atoms with Crippen molar-refractivity contribution in [3.05, 3.63) is 97.2 Å². The van der Waals surface area contributed by atoms with Crippen LogP contribution in [0.2, 0.25) is 0 Å². The zero-order valence-electron chi connectivity index (χ0n) is 35.2. The van der Waals surface area contributed by atoms with Crippen LogP contribution in [0.3, 0.4) is 0 Å². The van der Waals surface area contributed by atoms with Crippen molar-refractivity contribution in [2.24, 2.45) is 0 Å². The second-order valence-corrected chi connectivity index (χ2v) is 14.7. The van der Waals surface area contributed by atoms with E-state index in [0.717, 1.165) is 83.5 Å². The Hall–Kier alpha value is -2.69. The van der Waals surface area contributed by atoms with Crippen LogP contribution in [0.15, 0.2) is 97.2 Å². The molecule has 308 valence electrons. The molecule has 2 unspecified atom stereocenters. The second-order valence-electron chi connectivity index (χ2n) is 14.7. The fraction of sp³-hybridized carbons (Fsp3) is 0.660. The third-order valence-electron chi connectivity index (χ3n) is 9.53. The van der Waals surface area contributed by atoms with Crippen LogP contribution in [-0.2, 0) is 4.79 Å². The minimum atomic E-state index is -0.885. The number of unbranched alkanes of at least 4 members (excludes halogenated alkanes) is 18. The number of hydrogen-bond donors (Lipinski definition) is 3. The molecule has 54 heavy (non-hydrogen) atoms. The van der Waals surface area contributed by atoms with Gasteiger partial charge in [0.25, 0.3) is 0 Å². The maximum atomic E-state index is 12.4. The van der Waals surface area contributed by atoms with Gasteiger partial charge in [0.2, 0.25) is 5.91 Å². The number of allylic oxidation sites excluding steroid dienone is 15. The maximum absolute atomic E-state index is 12.4. The van der Waals surface area contributed by atoms with Crippen molar-refractivity contribution in [2.75, 3.05) is 6.61 Å². The fourth-order valence-corrected chi connectivity index (χ4v) is 6.12. The van der Waals surface area contributed by atoms with E-state index < -0.39 is 12.1 Å². The molecule has 0 bridgehead atoms. The van der Waals surface area contributed by atoms with E-state index in [4.69, 9.17) is 0 Å². The molecule has 4 heteroatoms. The van der Waals surface area contributed by atoms with Gasteiger partial charge >= 0.3 is 0 Å². The Labute approximate surface area is 334 Å². The van der Waals surface area contributed by atoms with Crippen molar-refractivity contribution in [1.29, 1.82) is 0 Å². The van der Waals surface area contributed by atoms with E-state index in [1.165, 1.54) is 89.9 Å². The molecule has 0 saturated heterocycles. The maximum Gasteiger partial charge on any atom is 0.220 e. The molecule has 0 radical (unpaired) electrons. The zero-order valence-corrected chi connectivity index (χ0v) is 35.2. The minimum Gasteiger partial charge on any atom is -0.394 e. The van der Waals surface area contributed by atoms with Gasteiger partial charge in [0, 0.05) is 6.42 Å². The van der Waals surface area contributed by atoms with Crippen LogP contribution in [0, 0.1) is 0 Å². The largest absolute Gasteiger partial charge is 0.394 e. The van der Waals surface area contributed by atoms with Crippen molar-refractivity contribution >= 4 is 5.91 Å². The molecule has 1 amide bonds. The number of rotatable bonds is 39. The lowest BCUT2D eigenvalue weighted by molar-refractivity contribution is -0.123. The summed E-state index contributed by atoms with van der Waals surface area (Å²) in [6.07, 6.45) is 66.6. The van der Waals surface area contributed by atoms with Crippen molar-refractivity contribution in [3.63, 3.8) is 0 Å². The summed E-state index contributed by atoms with van der Waals surface area (Å²) in [6.45, 7) is 4.16. The lowest BCUT2D eigenvalue weighted by Crippen LogP contribution is -2.45. The molecule has 3 N–H and O–H groups in total. The van der Waals surface area contributed by atoms with Crippen LogP contribution in [-0.4, -0.2) is 34.9 Å². The molecule has 0 heterocycles. The zero-order chi connectivity index (χ0) is 39.3. The summed E-state index contributed by atoms with van der Waals surface area (Å²) in [4.78, 5) is 12.4. The van der Waals surface area contributed by atoms with Crippen molar-refractivity contribution < 1.29 is 15.0 Å². The summed E-state index contributed by atoms with van der Waals surface area (Å²) < 4.78 is 0. The molecular weight excluding hydrogens is 663 g/mol. The number of aliphatic hydroxyl groups excluding tert-OH is 2. The first-order chi connectivity index (χ1) is 26.7. The van der Waals surface area contributed by atoms with Gasteiger partial charge in [-0.3, -0.25) is 4.79 Å². The smallest absolute Gasteiger partial charge is 0.220 e.